The molecular weight excluding hydrogens is 278 g/mol. The number of aliphatic hydroxyl groups excluding tert-OH is 1. The molecule has 1 aromatic rings. The van der Waals surface area contributed by atoms with Crippen LogP contribution in [-0.2, 0) is 6.54 Å². The SMILES string of the molecule is CCC(O)CN(CCC(C)C)Cc1ccc(OC)c(OC)c1. The van der Waals surface area contributed by atoms with Crippen molar-refractivity contribution in [3.05, 3.63) is 23.8 Å². The summed E-state index contributed by atoms with van der Waals surface area (Å²) in [7, 11) is 3.29. The number of aliphatic hydroxyl groups is 1. The van der Waals surface area contributed by atoms with Gasteiger partial charge in [-0.3, -0.25) is 4.90 Å². The summed E-state index contributed by atoms with van der Waals surface area (Å²) in [6, 6.07) is 6.01. The molecule has 0 aromatic heterocycles. The number of hydrogen-bond donors (Lipinski definition) is 1. The van der Waals surface area contributed by atoms with Gasteiger partial charge in [-0.15, -0.1) is 0 Å². The number of methoxy groups -OCH3 is 2. The van der Waals surface area contributed by atoms with Crippen LogP contribution in [0, 0.1) is 5.92 Å². The van der Waals surface area contributed by atoms with E-state index in [1.54, 1.807) is 14.2 Å². The Morgan fingerprint density at radius 3 is 2.36 bits per heavy atom. The van der Waals surface area contributed by atoms with E-state index >= 15 is 0 Å². The first-order chi connectivity index (χ1) is 10.5. The first kappa shape index (κ1) is 18.8. The smallest absolute Gasteiger partial charge is 0.161 e. The maximum atomic E-state index is 9.97. The van der Waals surface area contributed by atoms with E-state index < -0.39 is 0 Å². The highest BCUT2D eigenvalue weighted by Crippen LogP contribution is 2.28. The Bertz CT molecular complexity index is 434. The van der Waals surface area contributed by atoms with Gasteiger partial charge in [-0.2, -0.15) is 0 Å². The Balaban J connectivity index is 2.78. The Hall–Kier alpha value is -1.26. The van der Waals surface area contributed by atoms with Crippen molar-refractivity contribution in [3.8, 4) is 11.5 Å². The zero-order valence-electron chi connectivity index (χ0n) is 14.6. The maximum Gasteiger partial charge on any atom is 0.161 e. The minimum Gasteiger partial charge on any atom is -0.493 e. The van der Waals surface area contributed by atoms with Crippen LogP contribution in [0.25, 0.3) is 0 Å². The monoisotopic (exact) mass is 309 g/mol. The Morgan fingerprint density at radius 1 is 1.14 bits per heavy atom. The zero-order chi connectivity index (χ0) is 16.5. The third-order valence-corrected chi connectivity index (χ3v) is 3.82. The minimum atomic E-state index is -0.271. The van der Waals surface area contributed by atoms with Crippen molar-refractivity contribution < 1.29 is 14.6 Å². The molecule has 0 aliphatic heterocycles. The van der Waals surface area contributed by atoms with Crippen LogP contribution in [-0.4, -0.2) is 43.4 Å². The Labute approximate surface area is 135 Å². The lowest BCUT2D eigenvalue weighted by molar-refractivity contribution is 0.102. The highest BCUT2D eigenvalue weighted by atomic mass is 16.5. The molecule has 0 fully saturated rings. The van der Waals surface area contributed by atoms with E-state index in [9.17, 15) is 5.11 Å². The van der Waals surface area contributed by atoms with Crippen LogP contribution in [0.1, 0.15) is 39.2 Å². The molecule has 0 saturated heterocycles. The predicted molar refractivity (Wildman–Crippen MR) is 90.6 cm³/mol. The van der Waals surface area contributed by atoms with E-state index in [1.807, 2.05) is 19.1 Å². The van der Waals surface area contributed by atoms with Crippen LogP contribution in [0.2, 0.25) is 0 Å². The second kappa shape index (κ2) is 9.70. The predicted octanol–water partition coefficient (Wildman–Crippen LogP) is 3.32. The van der Waals surface area contributed by atoms with Gasteiger partial charge in [0.15, 0.2) is 11.5 Å². The van der Waals surface area contributed by atoms with Gasteiger partial charge < -0.3 is 14.6 Å². The molecule has 126 valence electrons. The number of nitrogens with zero attached hydrogens (tertiary/aromatic N) is 1. The third kappa shape index (κ3) is 6.24. The third-order valence-electron chi connectivity index (χ3n) is 3.82. The molecule has 4 heteroatoms. The fourth-order valence-corrected chi connectivity index (χ4v) is 2.34. The summed E-state index contributed by atoms with van der Waals surface area (Å²) in [5.74, 6) is 2.15. The van der Waals surface area contributed by atoms with Crippen molar-refractivity contribution in [2.24, 2.45) is 5.92 Å². The highest BCUT2D eigenvalue weighted by Gasteiger charge is 2.13. The Morgan fingerprint density at radius 2 is 1.82 bits per heavy atom. The molecule has 0 radical (unpaired) electrons. The summed E-state index contributed by atoms with van der Waals surface area (Å²) in [4.78, 5) is 2.31. The second-order valence-electron chi connectivity index (χ2n) is 6.17. The zero-order valence-corrected chi connectivity index (χ0v) is 14.6. The molecule has 1 aromatic carbocycles. The van der Waals surface area contributed by atoms with Crippen molar-refractivity contribution >= 4 is 0 Å². The molecular formula is C18H31NO3. The van der Waals surface area contributed by atoms with Gasteiger partial charge in [0.1, 0.15) is 0 Å². The van der Waals surface area contributed by atoms with Gasteiger partial charge in [-0.05, 0) is 43.0 Å². The first-order valence-electron chi connectivity index (χ1n) is 8.11. The molecule has 0 heterocycles. The lowest BCUT2D eigenvalue weighted by atomic mass is 10.1. The summed E-state index contributed by atoms with van der Waals surface area (Å²) in [6.45, 7) is 8.97. The standard InChI is InChI=1S/C18H31NO3/c1-6-16(20)13-19(10-9-14(2)3)12-15-7-8-17(21-4)18(11-15)22-5/h7-8,11,14,16,20H,6,9-10,12-13H2,1-5H3. The average molecular weight is 309 g/mol. The van der Waals surface area contributed by atoms with Crippen LogP contribution >= 0.6 is 0 Å². The van der Waals surface area contributed by atoms with Gasteiger partial charge in [-0.25, -0.2) is 0 Å². The first-order valence-corrected chi connectivity index (χ1v) is 8.11. The van der Waals surface area contributed by atoms with E-state index in [0.717, 1.165) is 37.4 Å². The van der Waals surface area contributed by atoms with Gasteiger partial charge in [-0.1, -0.05) is 26.8 Å². The van der Waals surface area contributed by atoms with Crippen molar-refractivity contribution in [1.29, 1.82) is 0 Å². The molecule has 4 nitrogen and oxygen atoms in total. The molecule has 0 amide bonds. The number of ether oxygens (including phenoxy) is 2. The van der Waals surface area contributed by atoms with Crippen molar-refractivity contribution in [2.75, 3.05) is 27.3 Å². The number of rotatable bonds is 10. The van der Waals surface area contributed by atoms with E-state index in [4.69, 9.17) is 9.47 Å². The summed E-state index contributed by atoms with van der Waals surface area (Å²) in [5.41, 5.74) is 1.17. The number of benzene rings is 1. The molecule has 22 heavy (non-hydrogen) atoms. The van der Waals surface area contributed by atoms with Crippen LogP contribution < -0.4 is 9.47 Å². The fourth-order valence-electron chi connectivity index (χ4n) is 2.34. The second-order valence-corrected chi connectivity index (χ2v) is 6.17. The van der Waals surface area contributed by atoms with E-state index in [0.29, 0.717) is 12.5 Å². The molecule has 1 rings (SSSR count). The van der Waals surface area contributed by atoms with Crippen LogP contribution in [0.15, 0.2) is 18.2 Å². The highest BCUT2D eigenvalue weighted by molar-refractivity contribution is 5.42. The summed E-state index contributed by atoms with van der Waals surface area (Å²) in [6.07, 6.45) is 1.64. The van der Waals surface area contributed by atoms with Gasteiger partial charge in [0.2, 0.25) is 0 Å². The van der Waals surface area contributed by atoms with Gasteiger partial charge in [0, 0.05) is 13.1 Å². The molecule has 1 unspecified atom stereocenters. The summed E-state index contributed by atoms with van der Waals surface area (Å²) >= 11 is 0. The maximum absolute atomic E-state index is 9.97. The molecule has 0 saturated carbocycles. The lowest BCUT2D eigenvalue weighted by Gasteiger charge is -2.26. The quantitative estimate of drug-likeness (QED) is 0.720. The van der Waals surface area contributed by atoms with Gasteiger partial charge in [0.25, 0.3) is 0 Å². The van der Waals surface area contributed by atoms with Crippen LogP contribution in [0.3, 0.4) is 0 Å². The van der Waals surface area contributed by atoms with Crippen molar-refractivity contribution in [3.63, 3.8) is 0 Å². The molecule has 0 spiro atoms. The summed E-state index contributed by atoms with van der Waals surface area (Å²) < 4.78 is 10.6. The molecule has 1 N–H and O–H groups in total. The molecule has 0 aliphatic carbocycles. The van der Waals surface area contributed by atoms with Crippen LogP contribution in [0.4, 0.5) is 0 Å². The largest absolute Gasteiger partial charge is 0.493 e. The number of hydrogen-bond acceptors (Lipinski definition) is 4. The normalized spacial score (nSPS) is 12.7. The lowest BCUT2D eigenvalue weighted by Crippen LogP contribution is -2.33. The van der Waals surface area contributed by atoms with E-state index in [2.05, 4.69) is 24.8 Å². The summed E-state index contributed by atoms with van der Waals surface area (Å²) in [5, 5.41) is 9.97. The minimum absolute atomic E-state index is 0.271. The van der Waals surface area contributed by atoms with Crippen molar-refractivity contribution in [2.45, 2.75) is 46.3 Å². The molecule has 0 bridgehead atoms. The van der Waals surface area contributed by atoms with Gasteiger partial charge in [0.05, 0.1) is 20.3 Å². The topological polar surface area (TPSA) is 41.9 Å². The Kier molecular flexibility index (Phi) is 8.28. The average Bonchev–Trinajstić information content (AvgIpc) is 2.52. The van der Waals surface area contributed by atoms with Crippen molar-refractivity contribution in [1.82, 2.24) is 4.90 Å². The fraction of sp³-hybridized carbons (Fsp3) is 0.667. The van der Waals surface area contributed by atoms with E-state index in [-0.39, 0.29) is 6.10 Å². The van der Waals surface area contributed by atoms with E-state index in [1.165, 1.54) is 5.56 Å². The van der Waals surface area contributed by atoms with Gasteiger partial charge >= 0.3 is 0 Å². The molecule has 0 aliphatic rings. The van der Waals surface area contributed by atoms with Crippen LogP contribution in [0.5, 0.6) is 11.5 Å². The molecule has 1 atom stereocenters.